The van der Waals surface area contributed by atoms with Crippen LogP contribution in [0.5, 0.6) is 17.2 Å². The fraction of sp³-hybridized carbons (Fsp3) is 0.188. The van der Waals surface area contributed by atoms with E-state index >= 15 is 0 Å². The standard InChI is InChI=1S/C16H18N2O3/c1-3-20-12-5-4-6-13(10-12)21-15-9-11(2)7-8-14(15)16(17)18-19/h4-10,19H,3H2,1-2H3,(H2,17,18). The van der Waals surface area contributed by atoms with E-state index in [9.17, 15) is 0 Å². The van der Waals surface area contributed by atoms with Crippen LogP contribution in [0.3, 0.4) is 0 Å². The molecule has 21 heavy (non-hydrogen) atoms. The van der Waals surface area contributed by atoms with E-state index in [1.54, 1.807) is 12.1 Å². The van der Waals surface area contributed by atoms with Crippen molar-refractivity contribution in [2.75, 3.05) is 6.61 Å². The largest absolute Gasteiger partial charge is 0.494 e. The number of amidine groups is 1. The molecule has 110 valence electrons. The predicted molar refractivity (Wildman–Crippen MR) is 81.4 cm³/mol. The first-order valence-electron chi connectivity index (χ1n) is 6.63. The van der Waals surface area contributed by atoms with Gasteiger partial charge in [-0.1, -0.05) is 17.3 Å². The highest BCUT2D eigenvalue weighted by Gasteiger charge is 2.10. The van der Waals surface area contributed by atoms with Gasteiger partial charge in [-0.15, -0.1) is 0 Å². The summed E-state index contributed by atoms with van der Waals surface area (Å²) in [4.78, 5) is 0. The van der Waals surface area contributed by atoms with E-state index in [0.717, 1.165) is 11.3 Å². The number of aryl methyl sites for hydroxylation is 1. The van der Waals surface area contributed by atoms with Crippen molar-refractivity contribution in [1.82, 2.24) is 0 Å². The SMILES string of the molecule is CCOc1cccc(Oc2cc(C)ccc2C(N)=NO)c1. The Hall–Kier alpha value is -2.69. The molecule has 0 spiro atoms. The fourth-order valence-corrected chi connectivity index (χ4v) is 1.90. The van der Waals surface area contributed by atoms with Crippen LogP contribution in [0.1, 0.15) is 18.1 Å². The third-order valence-electron chi connectivity index (χ3n) is 2.87. The Labute approximate surface area is 123 Å². The molecule has 2 aromatic carbocycles. The van der Waals surface area contributed by atoms with E-state index in [1.807, 2.05) is 44.2 Å². The van der Waals surface area contributed by atoms with Crippen molar-refractivity contribution in [3.63, 3.8) is 0 Å². The second kappa shape index (κ2) is 6.65. The summed E-state index contributed by atoms with van der Waals surface area (Å²) in [5.41, 5.74) is 7.22. The summed E-state index contributed by atoms with van der Waals surface area (Å²) in [6.07, 6.45) is 0. The molecular formula is C16H18N2O3. The number of nitrogens with two attached hydrogens (primary N) is 1. The highest BCUT2D eigenvalue weighted by molar-refractivity contribution is 5.99. The van der Waals surface area contributed by atoms with Gasteiger partial charge in [-0.3, -0.25) is 0 Å². The first-order chi connectivity index (χ1) is 10.1. The molecule has 3 N–H and O–H groups in total. The van der Waals surface area contributed by atoms with Crippen LogP contribution >= 0.6 is 0 Å². The van der Waals surface area contributed by atoms with Crippen LogP contribution in [0.4, 0.5) is 0 Å². The van der Waals surface area contributed by atoms with E-state index < -0.39 is 0 Å². The van der Waals surface area contributed by atoms with Crippen LogP contribution in [0, 0.1) is 6.92 Å². The molecule has 5 nitrogen and oxygen atoms in total. The van der Waals surface area contributed by atoms with E-state index in [1.165, 1.54) is 0 Å². The Bertz CT molecular complexity index is 654. The summed E-state index contributed by atoms with van der Waals surface area (Å²) >= 11 is 0. The Morgan fingerprint density at radius 2 is 1.95 bits per heavy atom. The topological polar surface area (TPSA) is 77.1 Å². The van der Waals surface area contributed by atoms with Crippen molar-refractivity contribution in [3.05, 3.63) is 53.6 Å². The van der Waals surface area contributed by atoms with Crippen molar-refractivity contribution in [2.24, 2.45) is 10.9 Å². The average molecular weight is 286 g/mol. The van der Waals surface area contributed by atoms with Gasteiger partial charge < -0.3 is 20.4 Å². The smallest absolute Gasteiger partial charge is 0.173 e. The third-order valence-corrected chi connectivity index (χ3v) is 2.87. The number of oxime groups is 1. The van der Waals surface area contributed by atoms with E-state index in [-0.39, 0.29) is 5.84 Å². The maximum Gasteiger partial charge on any atom is 0.173 e. The zero-order valence-corrected chi connectivity index (χ0v) is 12.0. The minimum atomic E-state index is 0.00552. The van der Waals surface area contributed by atoms with Crippen LogP contribution < -0.4 is 15.2 Å². The number of ether oxygens (including phenoxy) is 2. The molecule has 0 saturated heterocycles. The Morgan fingerprint density at radius 3 is 2.67 bits per heavy atom. The first kappa shape index (κ1) is 14.7. The molecule has 0 fully saturated rings. The molecule has 0 unspecified atom stereocenters. The van der Waals surface area contributed by atoms with Gasteiger partial charge >= 0.3 is 0 Å². The number of nitrogens with zero attached hydrogens (tertiary/aromatic N) is 1. The quantitative estimate of drug-likeness (QED) is 0.383. The summed E-state index contributed by atoms with van der Waals surface area (Å²) in [6.45, 7) is 4.45. The van der Waals surface area contributed by atoms with Gasteiger partial charge in [-0.25, -0.2) is 0 Å². The molecule has 0 saturated carbocycles. The lowest BCUT2D eigenvalue weighted by atomic mass is 10.1. The maximum absolute atomic E-state index is 8.85. The summed E-state index contributed by atoms with van der Waals surface area (Å²) in [5.74, 6) is 1.89. The Balaban J connectivity index is 2.34. The van der Waals surface area contributed by atoms with Crippen molar-refractivity contribution in [3.8, 4) is 17.2 Å². The Kier molecular flexibility index (Phi) is 4.66. The molecule has 2 rings (SSSR count). The van der Waals surface area contributed by atoms with Crippen molar-refractivity contribution in [2.45, 2.75) is 13.8 Å². The molecular weight excluding hydrogens is 268 g/mol. The highest BCUT2D eigenvalue weighted by Crippen LogP contribution is 2.28. The van der Waals surface area contributed by atoms with Gasteiger partial charge in [0.1, 0.15) is 17.2 Å². The lowest BCUT2D eigenvalue weighted by Crippen LogP contribution is -2.14. The minimum Gasteiger partial charge on any atom is -0.494 e. The van der Waals surface area contributed by atoms with Crippen LogP contribution in [-0.2, 0) is 0 Å². The predicted octanol–water partition coefficient (Wildman–Crippen LogP) is 3.28. The minimum absolute atomic E-state index is 0.00552. The molecule has 0 bridgehead atoms. The van der Waals surface area contributed by atoms with Gasteiger partial charge in [-0.2, -0.15) is 0 Å². The number of hydrogen-bond acceptors (Lipinski definition) is 4. The van der Waals surface area contributed by atoms with Gasteiger partial charge in [0.2, 0.25) is 0 Å². The van der Waals surface area contributed by atoms with Gasteiger partial charge in [-0.05, 0) is 43.7 Å². The van der Waals surface area contributed by atoms with E-state index in [2.05, 4.69) is 5.16 Å². The molecule has 0 heterocycles. The third kappa shape index (κ3) is 3.66. The molecule has 5 heteroatoms. The number of rotatable bonds is 5. The van der Waals surface area contributed by atoms with Gasteiger partial charge in [0.15, 0.2) is 5.84 Å². The summed E-state index contributed by atoms with van der Waals surface area (Å²) in [5, 5.41) is 11.9. The molecule has 2 aromatic rings. The lowest BCUT2D eigenvalue weighted by Gasteiger charge is -2.12. The lowest BCUT2D eigenvalue weighted by molar-refractivity contribution is 0.318. The van der Waals surface area contributed by atoms with Crippen molar-refractivity contribution in [1.29, 1.82) is 0 Å². The average Bonchev–Trinajstić information content (AvgIpc) is 2.47. The Morgan fingerprint density at radius 1 is 1.19 bits per heavy atom. The normalized spacial score (nSPS) is 11.2. The zero-order chi connectivity index (χ0) is 15.2. The monoisotopic (exact) mass is 286 g/mol. The van der Waals surface area contributed by atoms with Crippen LogP contribution in [-0.4, -0.2) is 17.6 Å². The second-order valence-electron chi connectivity index (χ2n) is 4.49. The van der Waals surface area contributed by atoms with Crippen molar-refractivity contribution >= 4 is 5.84 Å². The molecule has 0 radical (unpaired) electrons. The van der Waals surface area contributed by atoms with Crippen LogP contribution in [0.2, 0.25) is 0 Å². The highest BCUT2D eigenvalue weighted by atomic mass is 16.5. The van der Waals surface area contributed by atoms with E-state index in [4.69, 9.17) is 20.4 Å². The van der Waals surface area contributed by atoms with Gasteiger partial charge in [0.25, 0.3) is 0 Å². The number of benzene rings is 2. The first-order valence-corrected chi connectivity index (χ1v) is 6.63. The fourth-order valence-electron chi connectivity index (χ4n) is 1.90. The van der Waals surface area contributed by atoms with Gasteiger partial charge in [0.05, 0.1) is 12.2 Å². The molecule has 0 aliphatic heterocycles. The summed E-state index contributed by atoms with van der Waals surface area (Å²) < 4.78 is 11.3. The number of hydrogen-bond donors (Lipinski definition) is 2. The zero-order valence-electron chi connectivity index (χ0n) is 12.0. The molecule has 0 aliphatic carbocycles. The van der Waals surface area contributed by atoms with E-state index in [0.29, 0.717) is 23.7 Å². The maximum atomic E-state index is 8.85. The van der Waals surface area contributed by atoms with Crippen LogP contribution in [0.15, 0.2) is 47.6 Å². The molecule has 0 aromatic heterocycles. The van der Waals surface area contributed by atoms with Crippen molar-refractivity contribution < 1.29 is 14.7 Å². The summed E-state index contributed by atoms with van der Waals surface area (Å²) in [6, 6.07) is 12.8. The molecule has 0 atom stereocenters. The summed E-state index contributed by atoms with van der Waals surface area (Å²) in [7, 11) is 0. The second-order valence-corrected chi connectivity index (χ2v) is 4.49. The molecule has 0 aliphatic rings. The molecule has 0 amide bonds. The van der Waals surface area contributed by atoms with Gasteiger partial charge in [0, 0.05) is 6.07 Å². The van der Waals surface area contributed by atoms with Crippen LogP contribution in [0.25, 0.3) is 0 Å².